The molecule has 3 nitrogen and oxygen atoms in total. The van der Waals surface area contributed by atoms with Gasteiger partial charge in [-0.15, -0.1) is 0 Å². The number of aliphatic hydroxyl groups is 1. The Labute approximate surface area is 179 Å². The van der Waals surface area contributed by atoms with Crippen LogP contribution in [0.1, 0.15) is 98.8 Å². The molecule has 0 amide bonds. The predicted octanol–water partition coefficient (Wildman–Crippen LogP) is 6.25. The van der Waals surface area contributed by atoms with Crippen molar-refractivity contribution in [3.05, 3.63) is 34.9 Å². The molecular formula is C26H43NO2. The van der Waals surface area contributed by atoms with Gasteiger partial charge in [0.1, 0.15) is 12.6 Å². The molecule has 0 aliphatic carbocycles. The highest BCUT2D eigenvalue weighted by atomic mass is 16.5. The van der Waals surface area contributed by atoms with Crippen molar-refractivity contribution in [2.75, 3.05) is 6.61 Å². The van der Waals surface area contributed by atoms with Gasteiger partial charge in [0, 0.05) is 5.56 Å². The first-order valence-electron chi connectivity index (χ1n) is 11.2. The average Bonchev–Trinajstić information content (AvgIpc) is 3.02. The van der Waals surface area contributed by atoms with Gasteiger partial charge in [-0.3, -0.25) is 0 Å². The molecular weight excluding hydrogens is 358 g/mol. The van der Waals surface area contributed by atoms with Crippen molar-refractivity contribution in [3.63, 3.8) is 0 Å². The lowest BCUT2D eigenvalue weighted by molar-refractivity contribution is -0.0272. The van der Waals surface area contributed by atoms with Crippen LogP contribution < -0.4 is 0 Å². The van der Waals surface area contributed by atoms with Gasteiger partial charge in [0.25, 0.3) is 0 Å². The smallest absolute Gasteiger partial charge is 0.216 e. The lowest BCUT2D eigenvalue weighted by atomic mass is 9.79. The van der Waals surface area contributed by atoms with Crippen molar-refractivity contribution in [2.45, 2.75) is 105 Å². The van der Waals surface area contributed by atoms with E-state index in [0.29, 0.717) is 24.3 Å². The highest BCUT2D eigenvalue weighted by Crippen LogP contribution is 2.35. The average molecular weight is 402 g/mol. The normalized spacial score (nSPS) is 18.4. The van der Waals surface area contributed by atoms with Gasteiger partial charge in [-0.25, -0.2) is 4.99 Å². The van der Waals surface area contributed by atoms with Gasteiger partial charge in [-0.05, 0) is 58.8 Å². The summed E-state index contributed by atoms with van der Waals surface area (Å²) in [6.07, 6.45) is 1.48. The molecule has 2 rings (SSSR count). The third-order valence-electron chi connectivity index (χ3n) is 5.71. The maximum atomic E-state index is 11.5. The Hall–Kier alpha value is -1.35. The molecule has 0 bridgehead atoms. The quantitative estimate of drug-likeness (QED) is 0.612. The van der Waals surface area contributed by atoms with E-state index in [1.54, 1.807) is 0 Å². The number of hydrogen-bond acceptors (Lipinski definition) is 3. The minimum absolute atomic E-state index is 0.0462. The molecule has 0 aromatic heterocycles. The van der Waals surface area contributed by atoms with E-state index in [9.17, 15) is 5.11 Å². The van der Waals surface area contributed by atoms with Gasteiger partial charge < -0.3 is 9.84 Å². The molecule has 1 aliphatic rings. The summed E-state index contributed by atoms with van der Waals surface area (Å²) in [4.78, 5) is 4.93. The van der Waals surface area contributed by atoms with E-state index in [0.717, 1.165) is 18.4 Å². The summed E-state index contributed by atoms with van der Waals surface area (Å²) in [5, 5.41) is 11.5. The molecule has 1 atom stereocenters. The van der Waals surface area contributed by atoms with Gasteiger partial charge >= 0.3 is 0 Å². The van der Waals surface area contributed by atoms with E-state index in [4.69, 9.17) is 9.73 Å². The van der Waals surface area contributed by atoms with Crippen LogP contribution in [0.15, 0.2) is 23.2 Å². The summed E-state index contributed by atoms with van der Waals surface area (Å²) in [6, 6.07) is 6.52. The molecule has 1 N–H and O–H groups in total. The van der Waals surface area contributed by atoms with Crippen molar-refractivity contribution in [1.82, 2.24) is 0 Å². The summed E-state index contributed by atoms with van der Waals surface area (Å²) in [5.41, 5.74) is 2.87. The molecule has 0 unspecified atom stereocenters. The van der Waals surface area contributed by atoms with Gasteiger partial charge in [0.2, 0.25) is 5.90 Å². The molecule has 1 heterocycles. The first-order chi connectivity index (χ1) is 13.1. The van der Waals surface area contributed by atoms with Crippen LogP contribution in [0.5, 0.6) is 0 Å². The van der Waals surface area contributed by atoms with Crippen LogP contribution >= 0.6 is 0 Å². The second kappa shape index (κ2) is 8.41. The van der Waals surface area contributed by atoms with Gasteiger partial charge in [-0.2, -0.15) is 0 Å². The fourth-order valence-electron chi connectivity index (χ4n) is 4.19. The topological polar surface area (TPSA) is 41.8 Å². The number of benzene rings is 1. The Morgan fingerprint density at radius 3 is 1.72 bits per heavy atom. The summed E-state index contributed by atoms with van der Waals surface area (Å²) in [7, 11) is 0. The highest BCUT2D eigenvalue weighted by molar-refractivity contribution is 5.95. The maximum absolute atomic E-state index is 11.5. The van der Waals surface area contributed by atoms with Gasteiger partial charge in [0.05, 0.1) is 5.60 Å². The Morgan fingerprint density at radius 2 is 1.34 bits per heavy atom. The zero-order valence-corrected chi connectivity index (χ0v) is 20.4. The van der Waals surface area contributed by atoms with Crippen LogP contribution in [0, 0.1) is 11.8 Å². The van der Waals surface area contributed by atoms with Crippen molar-refractivity contribution < 1.29 is 9.84 Å². The summed E-state index contributed by atoms with van der Waals surface area (Å²) < 4.78 is 6.09. The highest BCUT2D eigenvalue weighted by Gasteiger charge is 2.41. The third kappa shape index (κ3) is 6.07. The van der Waals surface area contributed by atoms with Crippen molar-refractivity contribution >= 4 is 5.90 Å². The van der Waals surface area contributed by atoms with E-state index >= 15 is 0 Å². The zero-order chi connectivity index (χ0) is 22.2. The zero-order valence-electron chi connectivity index (χ0n) is 20.4. The standard InChI is InChI=1S/C26H43NO2/c1-17(2)14-26(28,15-18(3)4)22-16-29-23(27-22)19-11-20(24(5,6)7)13-21(12-19)25(8,9)10/h11-13,17-18,22,28H,14-16H2,1-10H3/t22-/m1/s1. The van der Waals surface area contributed by atoms with Crippen molar-refractivity contribution in [1.29, 1.82) is 0 Å². The summed E-state index contributed by atoms with van der Waals surface area (Å²) in [6.45, 7) is 22.5. The van der Waals surface area contributed by atoms with E-state index in [1.807, 2.05) is 0 Å². The van der Waals surface area contributed by atoms with Crippen LogP contribution in [0.2, 0.25) is 0 Å². The van der Waals surface area contributed by atoms with Crippen LogP contribution in [-0.2, 0) is 15.6 Å². The van der Waals surface area contributed by atoms with Crippen LogP contribution in [0.3, 0.4) is 0 Å². The number of hydrogen-bond donors (Lipinski definition) is 1. The molecule has 29 heavy (non-hydrogen) atoms. The van der Waals surface area contributed by atoms with Crippen molar-refractivity contribution in [3.8, 4) is 0 Å². The summed E-state index contributed by atoms with van der Waals surface area (Å²) in [5.74, 6) is 1.50. The predicted molar refractivity (Wildman–Crippen MR) is 124 cm³/mol. The lowest BCUT2D eigenvalue weighted by Gasteiger charge is -2.34. The van der Waals surface area contributed by atoms with E-state index in [-0.39, 0.29) is 16.9 Å². The number of ether oxygens (including phenoxy) is 1. The van der Waals surface area contributed by atoms with Gasteiger partial charge in [-0.1, -0.05) is 75.3 Å². The van der Waals surface area contributed by atoms with E-state index in [2.05, 4.69) is 87.4 Å². The Bertz CT molecular complexity index is 690. The first-order valence-corrected chi connectivity index (χ1v) is 11.2. The van der Waals surface area contributed by atoms with Crippen molar-refractivity contribution in [2.24, 2.45) is 16.8 Å². The minimum atomic E-state index is -0.821. The second-order valence-electron chi connectivity index (χ2n) is 11.9. The molecule has 1 aromatic rings. The van der Waals surface area contributed by atoms with Gasteiger partial charge in [0.15, 0.2) is 0 Å². The molecule has 3 heteroatoms. The molecule has 0 radical (unpaired) electrons. The fraction of sp³-hybridized carbons (Fsp3) is 0.731. The summed E-state index contributed by atoms with van der Waals surface area (Å²) >= 11 is 0. The molecule has 0 saturated heterocycles. The number of aliphatic imine (C=N–C) groups is 1. The van der Waals surface area contributed by atoms with E-state index in [1.165, 1.54) is 11.1 Å². The molecule has 0 saturated carbocycles. The Balaban J connectivity index is 2.47. The third-order valence-corrected chi connectivity index (χ3v) is 5.71. The Morgan fingerprint density at radius 1 is 0.897 bits per heavy atom. The minimum Gasteiger partial charge on any atom is -0.475 e. The molecule has 1 aromatic carbocycles. The maximum Gasteiger partial charge on any atom is 0.216 e. The Kier molecular flexibility index (Phi) is 6.94. The second-order valence-corrected chi connectivity index (χ2v) is 11.9. The molecule has 164 valence electrons. The lowest BCUT2D eigenvalue weighted by Crippen LogP contribution is -2.44. The van der Waals surface area contributed by atoms with Crippen LogP contribution in [-0.4, -0.2) is 29.3 Å². The number of rotatable bonds is 6. The van der Waals surface area contributed by atoms with Crippen LogP contribution in [0.25, 0.3) is 0 Å². The van der Waals surface area contributed by atoms with E-state index < -0.39 is 5.60 Å². The molecule has 0 fully saturated rings. The van der Waals surface area contributed by atoms with Crippen LogP contribution in [0.4, 0.5) is 0 Å². The largest absolute Gasteiger partial charge is 0.475 e. The monoisotopic (exact) mass is 401 g/mol. The molecule has 0 spiro atoms. The number of nitrogens with zero attached hydrogens (tertiary/aromatic N) is 1. The first kappa shape index (κ1) is 23.9. The molecule has 1 aliphatic heterocycles. The fourth-order valence-corrected chi connectivity index (χ4v) is 4.19. The SMILES string of the molecule is CC(C)CC(O)(CC(C)C)[C@H]1COC(c2cc(C(C)(C)C)cc(C(C)(C)C)c2)=N1.